The Morgan fingerprint density at radius 3 is 2.74 bits per heavy atom. The molecule has 1 aliphatic carbocycles. The fourth-order valence-electron chi connectivity index (χ4n) is 3.01. The van der Waals surface area contributed by atoms with Gasteiger partial charge < -0.3 is 10.3 Å². The molecule has 0 spiro atoms. The molecule has 2 N–H and O–H groups in total. The first-order chi connectivity index (χ1) is 9.16. The lowest BCUT2D eigenvalue weighted by molar-refractivity contribution is 0.0939. The number of fused-ring (bicyclic) bond motifs is 1. The summed E-state index contributed by atoms with van der Waals surface area (Å²) in [6.45, 7) is 4.14. The average molecular weight is 256 g/mol. The van der Waals surface area contributed by atoms with Gasteiger partial charge in [-0.1, -0.05) is 25.0 Å². The molecule has 19 heavy (non-hydrogen) atoms. The molecule has 1 amide bonds. The number of carbonyl (C=O) groups is 1. The Hall–Kier alpha value is -1.77. The van der Waals surface area contributed by atoms with Crippen molar-refractivity contribution in [3.63, 3.8) is 0 Å². The molecule has 1 fully saturated rings. The van der Waals surface area contributed by atoms with Gasteiger partial charge in [0.25, 0.3) is 5.91 Å². The smallest absolute Gasteiger partial charge is 0.253 e. The van der Waals surface area contributed by atoms with Crippen molar-refractivity contribution >= 4 is 16.8 Å². The van der Waals surface area contributed by atoms with E-state index in [0.29, 0.717) is 6.04 Å². The second kappa shape index (κ2) is 4.72. The van der Waals surface area contributed by atoms with Crippen molar-refractivity contribution in [2.75, 3.05) is 0 Å². The Balaban J connectivity index is 1.95. The monoisotopic (exact) mass is 256 g/mol. The maximum atomic E-state index is 12.4. The molecule has 1 aliphatic rings. The van der Waals surface area contributed by atoms with E-state index in [-0.39, 0.29) is 5.91 Å². The third-order valence-electron chi connectivity index (χ3n) is 4.28. The second-order valence-corrected chi connectivity index (χ2v) is 5.56. The van der Waals surface area contributed by atoms with Crippen LogP contribution in [0.25, 0.3) is 10.9 Å². The Labute approximate surface area is 113 Å². The molecule has 1 aromatic carbocycles. The number of rotatable bonds is 2. The highest BCUT2D eigenvalue weighted by Crippen LogP contribution is 2.25. The maximum absolute atomic E-state index is 12.4. The molecule has 3 heteroatoms. The van der Waals surface area contributed by atoms with E-state index < -0.39 is 0 Å². The Kier molecular flexibility index (Phi) is 3.05. The third kappa shape index (κ3) is 2.14. The van der Waals surface area contributed by atoms with Gasteiger partial charge in [-0.15, -0.1) is 0 Å². The number of benzene rings is 1. The molecule has 0 radical (unpaired) electrons. The Morgan fingerprint density at radius 2 is 2.00 bits per heavy atom. The second-order valence-electron chi connectivity index (χ2n) is 5.56. The molecule has 3 nitrogen and oxygen atoms in total. The lowest BCUT2D eigenvalue weighted by Gasteiger charge is -2.12. The van der Waals surface area contributed by atoms with Crippen LogP contribution < -0.4 is 5.32 Å². The van der Waals surface area contributed by atoms with E-state index in [4.69, 9.17) is 0 Å². The summed E-state index contributed by atoms with van der Waals surface area (Å²) in [6, 6.07) is 6.30. The van der Waals surface area contributed by atoms with Crippen molar-refractivity contribution in [1.82, 2.24) is 10.3 Å². The molecular formula is C16H20N2O. The molecule has 0 bridgehead atoms. The summed E-state index contributed by atoms with van der Waals surface area (Å²) >= 11 is 0. The third-order valence-corrected chi connectivity index (χ3v) is 4.28. The quantitative estimate of drug-likeness (QED) is 0.849. The van der Waals surface area contributed by atoms with Gasteiger partial charge in [-0.3, -0.25) is 4.79 Å². The largest absolute Gasteiger partial charge is 0.358 e. The van der Waals surface area contributed by atoms with Gasteiger partial charge in [0.1, 0.15) is 0 Å². The standard InChI is InChI=1S/C16H20N2O/c1-10-11(2)17-15-13(10)8-5-9-14(15)16(19)18-12-6-3-4-7-12/h5,8-9,12,17H,3-4,6-7H2,1-2H3,(H,18,19). The van der Waals surface area contributed by atoms with Gasteiger partial charge in [0.2, 0.25) is 0 Å². The SMILES string of the molecule is Cc1[nH]c2c(C(=O)NC3CCCC3)cccc2c1C. The minimum absolute atomic E-state index is 0.0544. The molecule has 1 saturated carbocycles. The number of hydrogen-bond donors (Lipinski definition) is 2. The summed E-state index contributed by atoms with van der Waals surface area (Å²) in [6.07, 6.45) is 4.70. The summed E-state index contributed by atoms with van der Waals surface area (Å²) in [5.41, 5.74) is 4.09. The van der Waals surface area contributed by atoms with Gasteiger partial charge >= 0.3 is 0 Å². The number of aryl methyl sites for hydroxylation is 2. The molecule has 0 unspecified atom stereocenters. The lowest BCUT2D eigenvalue weighted by Crippen LogP contribution is -2.32. The normalized spacial score (nSPS) is 16.1. The number of amides is 1. The van der Waals surface area contributed by atoms with Crippen molar-refractivity contribution in [2.24, 2.45) is 0 Å². The van der Waals surface area contributed by atoms with E-state index >= 15 is 0 Å². The highest BCUT2D eigenvalue weighted by atomic mass is 16.1. The summed E-state index contributed by atoms with van der Waals surface area (Å²) in [7, 11) is 0. The van der Waals surface area contributed by atoms with Crippen LogP contribution >= 0.6 is 0 Å². The van der Waals surface area contributed by atoms with E-state index in [9.17, 15) is 4.79 Å². The van der Waals surface area contributed by atoms with Gasteiger partial charge in [0.15, 0.2) is 0 Å². The minimum Gasteiger partial charge on any atom is -0.358 e. The van der Waals surface area contributed by atoms with E-state index in [0.717, 1.165) is 35.0 Å². The highest BCUT2D eigenvalue weighted by molar-refractivity contribution is 6.06. The number of para-hydroxylation sites is 1. The molecule has 100 valence electrons. The van der Waals surface area contributed by atoms with Gasteiger partial charge in [-0.2, -0.15) is 0 Å². The predicted octanol–water partition coefficient (Wildman–Crippen LogP) is 3.46. The minimum atomic E-state index is 0.0544. The van der Waals surface area contributed by atoms with Crippen LogP contribution in [0.5, 0.6) is 0 Å². The van der Waals surface area contributed by atoms with E-state index in [1.54, 1.807) is 0 Å². The summed E-state index contributed by atoms with van der Waals surface area (Å²) < 4.78 is 0. The summed E-state index contributed by atoms with van der Waals surface area (Å²) in [4.78, 5) is 15.7. The van der Waals surface area contributed by atoms with Crippen molar-refractivity contribution in [3.8, 4) is 0 Å². The van der Waals surface area contributed by atoms with Gasteiger partial charge in [0.05, 0.1) is 11.1 Å². The summed E-state index contributed by atoms with van der Waals surface area (Å²) in [5, 5.41) is 4.31. The predicted molar refractivity (Wildman–Crippen MR) is 77.5 cm³/mol. The number of nitrogens with one attached hydrogen (secondary N) is 2. The highest BCUT2D eigenvalue weighted by Gasteiger charge is 2.20. The van der Waals surface area contributed by atoms with Crippen LogP contribution in [0.15, 0.2) is 18.2 Å². The fourth-order valence-corrected chi connectivity index (χ4v) is 3.01. The topological polar surface area (TPSA) is 44.9 Å². The van der Waals surface area contributed by atoms with Crippen LogP contribution in [0.4, 0.5) is 0 Å². The molecule has 0 atom stereocenters. The van der Waals surface area contributed by atoms with E-state index in [1.165, 1.54) is 18.4 Å². The average Bonchev–Trinajstić information content (AvgIpc) is 2.99. The fraction of sp³-hybridized carbons (Fsp3) is 0.438. The van der Waals surface area contributed by atoms with Crippen molar-refractivity contribution in [3.05, 3.63) is 35.0 Å². The number of carbonyl (C=O) groups excluding carboxylic acids is 1. The molecule has 0 saturated heterocycles. The van der Waals surface area contributed by atoms with Crippen LogP contribution in [-0.2, 0) is 0 Å². The summed E-state index contributed by atoms with van der Waals surface area (Å²) in [5.74, 6) is 0.0544. The van der Waals surface area contributed by atoms with E-state index in [1.807, 2.05) is 19.1 Å². The molecule has 1 aromatic heterocycles. The molecular weight excluding hydrogens is 236 g/mol. The first-order valence-corrected chi connectivity index (χ1v) is 7.05. The van der Waals surface area contributed by atoms with E-state index in [2.05, 4.69) is 23.3 Å². The Morgan fingerprint density at radius 1 is 1.26 bits per heavy atom. The van der Waals surface area contributed by atoms with Gasteiger partial charge in [-0.25, -0.2) is 0 Å². The molecule has 2 aromatic rings. The van der Waals surface area contributed by atoms with Crippen LogP contribution in [0.2, 0.25) is 0 Å². The van der Waals surface area contributed by atoms with Crippen molar-refractivity contribution in [2.45, 2.75) is 45.6 Å². The zero-order chi connectivity index (χ0) is 13.4. The van der Waals surface area contributed by atoms with Crippen LogP contribution in [0.3, 0.4) is 0 Å². The number of hydrogen-bond acceptors (Lipinski definition) is 1. The van der Waals surface area contributed by atoms with Gasteiger partial charge in [0, 0.05) is 17.1 Å². The Bertz CT molecular complexity index is 621. The molecule has 3 rings (SSSR count). The zero-order valence-corrected chi connectivity index (χ0v) is 11.5. The van der Waals surface area contributed by atoms with Crippen LogP contribution in [-0.4, -0.2) is 16.9 Å². The number of H-pyrrole nitrogens is 1. The lowest BCUT2D eigenvalue weighted by atomic mass is 10.1. The zero-order valence-electron chi connectivity index (χ0n) is 11.5. The number of aromatic nitrogens is 1. The number of aromatic amines is 1. The van der Waals surface area contributed by atoms with Gasteiger partial charge in [-0.05, 0) is 38.3 Å². The first kappa shape index (κ1) is 12.3. The maximum Gasteiger partial charge on any atom is 0.253 e. The van der Waals surface area contributed by atoms with Crippen LogP contribution in [0, 0.1) is 13.8 Å². The first-order valence-electron chi connectivity index (χ1n) is 7.05. The van der Waals surface area contributed by atoms with Crippen LogP contribution in [0.1, 0.15) is 47.3 Å². The van der Waals surface area contributed by atoms with Crippen molar-refractivity contribution < 1.29 is 4.79 Å². The van der Waals surface area contributed by atoms with Crippen molar-refractivity contribution in [1.29, 1.82) is 0 Å². The molecule has 1 heterocycles. The molecule has 0 aliphatic heterocycles.